The van der Waals surface area contributed by atoms with Crippen LogP contribution in [0, 0.1) is 0 Å². The van der Waals surface area contributed by atoms with Gasteiger partial charge in [-0.15, -0.1) is 0 Å². The molecule has 1 amide bonds. The van der Waals surface area contributed by atoms with Gasteiger partial charge in [-0.2, -0.15) is 0 Å². The summed E-state index contributed by atoms with van der Waals surface area (Å²) in [5.41, 5.74) is 2.26. The summed E-state index contributed by atoms with van der Waals surface area (Å²) >= 11 is 0. The van der Waals surface area contributed by atoms with E-state index < -0.39 is 17.7 Å². The topological polar surface area (TPSA) is 66.8 Å². The van der Waals surface area contributed by atoms with Gasteiger partial charge in [0, 0.05) is 19.6 Å². The second-order valence-electron chi connectivity index (χ2n) is 7.36. The minimum Gasteiger partial charge on any atom is -0.503 e. The normalized spacial score (nSPS) is 23.4. The SMILES string of the molecule is CCC(=O)C1=C(O)C(=O)N(CC2CCCO2)C1c1ccc(C(C)C)cc1. The van der Waals surface area contributed by atoms with E-state index >= 15 is 0 Å². The first-order valence-corrected chi connectivity index (χ1v) is 9.42. The van der Waals surface area contributed by atoms with Crippen LogP contribution in [0.15, 0.2) is 35.6 Å². The molecule has 2 atom stereocenters. The number of nitrogens with zero attached hydrogens (tertiary/aromatic N) is 1. The van der Waals surface area contributed by atoms with Gasteiger partial charge in [0.1, 0.15) is 0 Å². The van der Waals surface area contributed by atoms with Crippen molar-refractivity contribution in [2.24, 2.45) is 0 Å². The van der Waals surface area contributed by atoms with Gasteiger partial charge >= 0.3 is 0 Å². The van der Waals surface area contributed by atoms with Gasteiger partial charge in [0.2, 0.25) is 0 Å². The molecule has 0 bridgehead atoms. The number of hydrogen-bond donors (Lipinski definition) is 1. The first-order valence-electron chi connectivity index (χ1n) is 9.42. The molecule has 1 aromatic rings. The van der Waals surface area contributed by atoms with E-state index in [1.54, 1.807) is 11.8 Å². The molecule has 2 aliphatic heterocycles. The zero-order chi connectivity index (χ0) is 18.8. The van der Waals surface area contributed by atoms with E-state index in [2.05, 4.69) is 13.8 Å². The molecule has 5 heteroatoms. The molecule has 0 radical (unpaired) electrons. The van der Waals surface area contributed by atoms with E-state index in [0.717, 1.165) is 18.4 Å². The van der Waals surface area contributed by atoms with Gasteiger partial charge in [-0.25, -0.2) is 0 Å². The van der Waals surface area contributed by atoms with Crippen LogP contribution in [0.5, 0.6) is 0 Å². The summed E-state index contributed by atoms with van der Waals surface area (Å²) in [7, 11) is 0. The summed E-state index contributed by atoms with van der Waals surface area (Å²) in [6.07, 6.45) is 2.07. The Morgan fingerprint density at radius 2 is 2.00 bits per heavy atom. The molecule has 2 heterocycles. The van der Waals surface area contributed by atoms with Crippen molar-refractivity contribution in [3.05, 3.63) is 46.7 Å². The third-order valence-corrected chi connectivity index (χ3v) is 5.27. The first-order chi connectivity index (χ1) is 12.4. The molecule has 0 aromatic heterocycles. The second-order valence-corrected chi connectivity index (χ2v) is 7.36. The van der Waals surface area contributed by atoms with Crippen molar-refractivity contribution in [1.82, 2.24) is 4.90 Å². The average molecular weight is 357 g/mol. The predicted octanol–water partition coefficient (Wildman–Crippen LogP) is 3.66. The Kier molecular flexibility index (Phi) is 5.47. The Morgan fingerprint density at radius 3 is 2.54 bits per heavy atom. The summed E-state index contributed by atoms with van der Waals surface area (Å²) in [5, 5.41) is 10.4. The van der Waals surface area contributed by atoms with E-state index in [1.165, 1.54) is 5.56 Å². The molecule has 1 fully saturated rings. The van der Waals surface area contributed by atoms with Crippen molar-refractivity contribution >= 4 is 11.7 Å². The van der Waals surface area contributed by atoms with Gasteiger partial charge < -0.3 is 14.7 Å². The summed E-state index contributed by atoms with van der Waals surface area (Å²) in [6, 6.07) is 7.42. The lowest BCUT2D eigenvalue weighted by molar-refractivity contribution is -0.131. The number of Topliss-reactive ketones (excluding diaryl/α,β-unsaturated/α-hetero) is 1. The zero-order valence-electron chi connectivity index (χ0n) is 15.7. The molecule has 140 valence electrons. The molecule has 1 N–H and O–H groups in total. The van der Waals surface area contributed by atoms with Crippen LogP contribution < -0.4 is 0 Å². The van der Waals surface area contributed by atoms with E-state index in [1.807, 2.05) is 24.3 Å². The minimum absolute atomic E-state index is 0.0414. The number of ketones is 1. The quantitative estimate of drug-likeness (QED) is 0.844. The van der Waals surface area contributed by atoms with Gasteiger partial charge in [-0.3, -0.25) is 9.59 Å². The largest absolute Gasteiger partial charge is 0.503 e. The first kappa shape index (κ1) is 18.6. The van der Waals surface area contributed by atoms with E-state index in [9.17, 15) is 14.7 Å². The Bertz CT molecular complexity index is 714. The Morgan fingerprint density at radius 1 is 1.31 bits per heavy atom. The van der Waals surface area contributed by atoms with Crippen molar-refractivity contribution in [3.63, 3.8) is 0 Å². The van der Waals surface area contributed by atoms with Gasteiger partial charge in [0.25, 0.3) is 5.91 Å². The Labute approximate surface area is 154 Å². The number of rotatable bonds is 6. The molecule has 5 nitrogen and oxygen atoms in total. The Balaban J connectivity index is 1.98. The van der Waals surface area contributed by atoms with Crippen LogP contribution in [0.4, 0.5) is 0 Å². The van der Waals surface area contributed by atoms with Gasteiger partial charge in [0.15, 0.2) is 11.5 Å². The second kappa shape index (κ2) is 7.62. The van der Waals surface area contributed by atoms with Crippen molar-refractivity contribution in [1.29, 1.82) is 0 Å². The third kappa shape index (κ3) is 3.40. The average Bonchev–Trinajstić information content (AvgIpc) is 3.23. The highest BCUT2D eigenvalue weighted by atomic mass is 16.5. The molecular weight excluding hydrogens is 330 g/mol. The molecule has 0 aliphatic carbocycles. The monoisotopic (exact) mass is 357 g/mol. The maximum atomic E-state index is 12.7. The van der Waals surface area contributed by atoms with Crippen molar-refractivity contribution in [2.75, 3.05) is 13.2 Å². The molecule has 2 aliphatic rings. The molecular formula is C21H27NO4. The van der Waals surface area contributed by atoms with Crippen molar-refractivity contribution < 1.29 is 19.4 Å². The molecule has 1 saturated heterocycles. The van der Waals surface area contributed by atoms with E-state index in [0.29, 0.717) is 19.1 Å². The zero-order valence-corrected chi connectivity index (χ0v) is 15.7. The number of carbonyl (C=O) groups is 2. The number of carbonyl (C=O) groups excluding carboxylic acids is 2. The highest BCUT2D eigenvalue weighted by molar-refractivity contribution is 6.08. The number of amides is 1. The fourth-order valence-corrected chi connectivity index (χ4v) is 3.73. The summed E-state index contributed by atoms with van der Waals surface area (Å²) in [6.45, 7) is 7.07. The van der Waals surface area contributed by atoms with Crippen LogP contribution in [0.1, 0.15) is 63.1 Å². The molecule has 2 unspecified atom stereocenters. The van der Waals surface area contributed by atoms with Crippen LogP contribution in [0.25, 0.3) is 0 Å². The van der Waals surface area contributed by atoms with Crippen molar-refractivity contribution in [3.8, 4) is 0 Å². The van der Waals surface area contributed by atoms with E-state index in [-0.39, 0.29) is 23.9 Å². The van der Waals surface area contributed by atoms with Crippen molar-refractivity contribution in [2.45, 2.75) is 58.1 Å². The fourth-order valence-electron chi connectivity index (χ4n) is 3.73. The number of benzene rings is 1. The lowest BCUT2D eigenvalue weighted by Crippen LogP contribution is -2.37. The Hall–Kier alpha value is -2.14. The molecule has 0 saturated carbocycles. The maximum absolute atomic E-state index is 12.7. The van der Waals surface area contributed by atoms with Crippen LogP contribution in [-0.2, 0) is 14.3 Å². The number of aliphatic hydroxyl groups is 1. The van der Waals surface area contributed by atoms with E-state index in [4.69, 9.17) is 4.74 Å². The van der Waals surface area contributed by atoms with Crippen LogP contribution >= 0.6 is 0 Å². The molecule has 26 heavy (non-hydrogen) atoms. The molecule has 3 rings (SSSR count). The summed E-state index contributed by atoms with van der Waals surface area (Å²) in [5.74, 6) is -0.676. The van der Waals surface area contributed by atoms with Crippen LogP contribution in [-0.4, -0.2) is 41.0 Å². The van der Waals surface area contributed by atoms with Gasteiger partial charge in [-0.05, 0) is 29.9 Å². The number of aliphatic hydroxyl groups excluding tert-OH is 1. The lowest BCUT2D eigenvalue weighted by Gasteiger charge is -2.29. The van der Waals surface area contributed by atoms with Crippen LogP contribution in [0.2, 0.25) is 0 Å². The highest BCUT2D eigenvalue weighted by Gasteiger charge is 2.44. The molecule has 1 aromatic carbocycles. The summed E-state index contributed by atoms with van der Waals surface area (Å²) < 4.78 is 5.68. The maximum Gasteiger partial charge on any atom is 0.290 e. The minimum atomic E-state index is -0.541. The highest BCUT2D eigenvalue weighted by Crippen LogP contribution is 2.39. The lowest BCUT2D eigenvalue weighted by atomic mass is 9.93. The predicted molar refractivity (Wildman–Crippen MR) is 98.9 cm³/mol. The smallest absolute Gasteiger partial charge is 0.290 e. The van der Waals surface area contributed by atoms with Gasteiger partial charge in [-0.1, -0.05) is 45.0 Å². The third-order valence-electron chi connectivity index (χ3n) is 5.27. The standard InChI is InChI=1S/C21H27NO4/c1-4-17(23)18-19(15-9-7-14(8-10-15)13(2)3)22(21(25)20(18)24)12-16-6-5-11-26-16/h7-10,13,16,19,24H,4-6,11-12H2,1-3H3. The van der Waals surface area contributed by atoms with Crippen LogP contribution in [0.3, 0.4) is 0 Å². The number of hydrogen-bond acceptors (Lipinski definition) is 4. The molecule has 0 spiro atoms. The summed E-state index contributed by atoms with van der Waals surface area (Å²) in [4.78, 5) is 26.8. The fraction of sp³-hybridized carbons (Fsp3) is 0.524. The van der Waals surface area contributed by atoms with Gasteiger partial charge in [0.05, 0.1) is 17.7 Å². The number of ether oxygens (including phenoxy) is 1.